The largest absolute Gasteiger partial charge is 0.496 e. The summed E-state index contributed by atoms with van der Waals surface area (Å²) in [5.74, 6) is 1.41. The molecule has 0 bridgehead atoms. The maximum Gasteiger partial charge on any atom is 0.174 e. The minimum Gasteiger partial charge on any atom is -0.496 e. The zero-order chi connectivity index (χ0) is 13.3. The third-order valence-electron chi connectivity index (χ3n) is 3.75. The molecule has 0 aromatic heterocycles. The summed E-state index contributed by atoms with van der Waals surface area (Å²) in [5, 5.41) is 0. The minimum atomic E-state index is -0.353. The van der Waals surface area contributed by atoms with Crippen LogP contribution in [-0.2, 0) is 0 Å². The van der Waals surface area contributed by atoms with Gasteiger partial charge in [-0.2, -0.15) is 0 Å². The van der Waals surface area contributed by atoms with Gasteiger partial charge in [0.05, 0.1) is 19.8 Å². The summed E-state index contributed by atoms with van der Waals surface area (Å²) >= 11 is 0. The second kappa shape index (κ2) is 4.61. The van der Waals surface area contributed by atoms with Gasteiger partial charge in [-0.05, 0) is 31.9 Å². The molecule has 0 spiro atoms. The molecule has 2 N–H and O–H groups in total. The number of carbonyl (C=O) groups excluding carboxylic acids is 1. The van der Waals surface area contributed by atoms with E-state index in [-0.39, 0.29) is 11.2 Å². The van der Waals surface area contributed by atoms with Crippen LogP contribution in [0.3, 0.4) is 0 Å². The van der Waals surface area contributed by atoms with Crippen LogP contribution in [0.5, 0.6) is 11.5 Å². The Morgan fingerprint density at radius 2 is 2.00 bits per heavy atom. The highest BCUT2D eigenvalue weighted by Gasteiger charge is 2.49. The molecule has 1 saturated carbocycles. The molecule has 18 heavy (non-hydrogen) atoms. The van der Waals surface area contributed by atoms with Gasteiger partial charge < -0.3 is 15.2 Å². The first-order valence-electron chi connectivity index (χ1n) is 6.06. The Balaban J connectivity index is 2.45. The van der Waals surface area contributed by atoms with E-state index in [9.17, 15) is 4.79 Å². The van der Waals surface area contributed by atoms with E-state index >= 15 is 0 Å². The van der Waals surface area contributed by atoms with Crippen molar-refractivity contribution in [3.63, 3.8) is 0 Å². The molecule has 0 heterocycles. The molecule has 1 aromatic rings. The van der Waals surface area contributed by atoms with Gasteiger partial charge >= 0.3 is 0 Å². The Morgan fingerprint density at radius 3 is 2.44 bits per heavy atom. The van der Waals surface area contributed by atoms with Crippen LogP contribution in [0.15, 0.2) is 12.1 Å². The fourth-order valence-corrected chi connectivity index (χ4v) is 2.30. The van der Waals surface area contributed by atoms with Crippen molar-refractivity contribution in [2.24, 2.45) is 11.1 Å². The first-order chi connectivity index (χ1) is 8.59. The van der Waals surface area contributed by atoms with Crippen molar-refractivity contribution in [1.29, 1.82) is 0 Å². The highest BCUT2D eigenvalue weighted by atomic mass is 16.5. The summed E-state index contributed by atoms with van der Waals surface area (Å²) in [6.45, 7) is 2.29. The SMILES string of the molecule is COc1ccc(C(=O)C2(CN)CC2)c(OC)c1C. The van der Waals surface area contributed by atoms with Gasteiger partial charge in [-0.1, -0.05) is 0 Å². The summed E-state index contributed by atoms with van der Waals surface area (Å²) < 4.78 is 10.6. The molecule has 1 aliphatic rings. The van der Waals surface area contributed by atoms with Crippen LogP contribution in [0, 0.1) is 12.3 Å². The molecule has 4 nitrogen and oxygen atoms in total. The number of carbonyl (C=O) groups is 1. The van der Waals surface area contributed by atoms with E-state index in [1.807, 2.05) is 6.92 Å². The monoisotopic (exact) mass is 249 g/mol. The quantitative estimate of drug-likeness (QED) is 0.810. The van der Waals surface area contributed by atoms with Crippen LogP contribution in [0.2, 0.25) is 0 Å². The lowest BCUT2D eigenvalue weighted by Crippen LogP contribution is -2.26. The van der Waals surface area contributed by atoms with E-state index in [1.165, 1.54) is 0 Å². The predicted octanol–water partition coefficient (Wildman–Crippen LogP) is 1.93. The standard InChI is InChI=1S/C14H19NO3/c1-9-11(17-2)5-4-10(12(9)18-3)13(16)14(8-15)6-7-14/h4-5H,6-8,15H2,1-3H3. The van der Waals surface area contributed by atoms with Crippen molar-refractivity contribution in [2.45, 2.75) is 19.8 Å². The Labute approximate surface area is 107 Å². The van der Waals surface area contributed by atoms with E-state index in [0.29, 0.717) is 17.9 Å². The van der Waals surface area contributed by atoms with E-state index in [0.717, 1.165) is 24.2 Å². The first kappa shape index (κ1) is 12.9. The lowest BCUT2D eigenvalue weighted by Gasteiger charge is -2.17. The molecule has 0 amide bonds. The van der Waals surface area contributed by atoms with Crippen LogP contribution < -0.4 is 15.2 Å². The van der Waals surface area contributed by atoms with E-state index in [2.05, 4.69) is 0 Å². The van der Waals surface area contributed by atoms with Gasteiger partial charge in [-0.3, -0.25) is 4.79 Å². The summed E-state index contributed by atoms with van der Waals surface area (Å²) in [5.41, 5.74) is 6.81. The molecule has 98 valence electrons. The van der Waals surface area contributed by atoms with Crippen molar-refractivity contribution < 1.29 is 14.3 Å². The number of ketones is 1. The lowest BCUT2D eigenvalue weighted by molar-refractivity contribution is 0.0902. The molecule has 0 unspecified atom stereocenters. The van der Waals surface area contributed by atoms with Gasteiger partial charge in [0.25, 0.3) is 0 Å². The van der Waals surface area contributed by atoms with Crippen molar-refractivity contribution in [3.05, 3.63) is 23.3 Å². The van der Waals surface area contributed by atoms with Gasteiger partial charge in [-0.25, -0.2) is 0 Å². The topological polar surface area (TPSA) is 61.5 Å². The minimum absolute atomic E-state index is 0.0904. The summed E-state index contributed by atoms with van der Waals surface area (Å²) in [6, 6.07) is 3.57. The fourth-order valence-electron chi connectivity index (χ4n) is 2.30. The zero-order valence-corrected chi connectivity index (χ0v) is 11.1. The Bertz CT molecular complexity index is 478. The van der Waals surface area contributed by atoms with Gasteiger partial charge in [-0.15, -0.1) is 0 Å². The lowest BCUT2D eigenvalue weighted by atomic mass is 9.93. The highest BCUT2D eigenvalue weighted by Crippen LogP contribution is 2.49. The second-order valence-corrected chi connectivity index (χ2v) is 4.79. The second-order valence-electron chi connectivity index (χ2n) is 4.79. The third-order valence-corrected chi connectivity index (χ3v) is 3.75. The predicted molar refractivity (Wildman–Crippen MR) is 69.3 cm³/mol. The maximum absolute atomic E-state index is 12.5. The van der Waals surface area contributed by atoms with Crippen molar-refractivity contribution >= 4 is 5.78 Å². The third kappa shape index (κ3) is 1.86. The molecule has 1 aromatic carbocycles. The summed E-state index contributed by atoms with van der Waals surface area (Å²) in [4.78, 5) is 12.5. The van der Waals surface area contributed by atoms with E-state index < -0.39 is 0 Å². The molecule has 0 aliphatic heterocycles. The van der Waals surface area contributed by atoms with Crippen LogP contribution in [0.4, 0.5) is 0 Å². The molecule has 4 heteroatoms. The number of benzene rings is 1. The first-order valence-corrected chi connectivity index (χ1v) is 6.06. The molecule has 1 fully saturated rings. The van der Waals surface area contributed by atoms with Crippen LogP contribution >= 0.6 is 0 Å². The molecule has 1 aliphatic carbocycles. The number of hydrogen-bond acceptors (Lipinski definition) is 4. The fraction of sp³-hybridized carbons (Fsp3) is 0.500. The maximum atomic E-state index is 12.5. The number of methoxy groups -OCH3 is 2. The molecule has 2 rings (SSSR count). The van der Waals surface area contributed by atoms with Crippen LogP contribution in [0.1, 0.15) is 28.8 Å². The van der Waals surface area contributed by atoms with Crippen LogP contribution in [0.25, 0.3) is 0 Å². The Morgan fingerprint density at radius 1 is 1.33 bits per heavy atom. The van der Waals surface area contributed by atoms with Crippen molar-refractivity contribution in [1.82, 2.24) is 0 Å². The highest BCUT2D eigenvalue weighted by molar-refractivity contribution is 6.05. The number of ether oxygens (including phenoxy) is 2. The molecule has 0 atom stereocenters. The van der Waals surface area contributed by atoms with Gasteiger partial charge in [0.2, 0.25) is 0 Å². The molecule has 0 radical (unpaired) electrons. The van der Waals surface area contributed by atoms with Gasteiger partial charge in [0, 0.05) is 17.5 Å². The number of Topliss-reactive ketones (excluding diaryl/α,β-unsaturated/α-hetero) is 1. The number of nitrogens with two attached hydrogens (primary N) is 1. The summed E-state index contributed by atoms with van der Waals surface area (Å²) in [7, 11) is 3.17. The normalized spacial score (nSPS) is 16.2. The Kier molecular flexibility index (Phi) is 3.30. The van der Waals surface area contributed by atoms with E-state index in [4.69, 9.17) is 15.2 Å². The van der Waals surface area contributed by atoms with E-state index in [1.54, 1.807) is 26.4 Å². The Hall–Kier alpha value is -1.55. The summed E-state index contributed by atoms with van der Waals surface area (Å²) in [6.07, 6.45) is 1.74. The van der Waals surface area contributed by atoms with Gasteiger partial charge in [0.1, 0.15) is 11.5 Å². The smallest absolute Gasteiger partial charge is 0.174 e. The van der Waals surface area contributed by atoms with Crippen molar-refractivity contribution in [2.75, 3.05) is 20.8 Å². The molecule has 0 saturated heterocycles. The number of rotatable bonds is 5. The molecular formula is C14H19NO3. The zero-order valence-electron chi connectivity index (χ0n) is 11.1. The number of hydrogen-bond donors (Lipinski definition) is 1. The average molecular weight is 249 g/mol. The molecular weight excluding hydrogens is 230 g/mol. The van der Waals surface area contributed by atoms with Crippen LogP contribution in [-0.4, -0.2) is 26.5 Å². The van der Waals surface area contributed by atoms with Crippen molar-refractivity contribution in [3.8, 4) is 11.5 Å². The average Bonchev–Trinajstić information content (AvgIpc) is 3.18. The van der Waals surface area contributed by atoms with Gasteiger partial charge in [0.15, 0.2) is 5.78 Å².